The lowest BCUT2D eigenvalue weighted by atomic mass is 9.95. The summed E-state index contributed by atoms with van der Waals surface area (Å²) in [5.41, 5.74) is -1.03. The predicted octanol–water partition coefficient (Wildman–Crippen LogP) is 4.17. The van der Waals surface area contributed by atoms with Crippen LogP contribution in [-0.4, -0.2) is 11.7 Å². The van der Waals surface area contributed by atoms with Crippen LogP contribution < -0.4 is 5.32 Å². The molecular formula is C17H10ClF3N2O2. The Hall–Kier alpha value is -2.85. The minimum absolute atomic E-state index is 0.134. The number of nitriles is 1. The number of amides is 1. The van der Waals surface area contributed by atoms with Crippen LogP contribution in [0.3, 0.4) is 0 Å². The molecule has 8 heteroatoms. The Morgan fingerprint density at radius 2 is 1.80 bits per heavy atom. The van der Waals surface area contributed by atoms with Gasteiger partial charge in [-0.05, 0) is 29.8 Å². The molecule has 1 amide bonds. The average molecular weight is 367 g/mol. The van der Waals surface area contributed by atoms with E-state index in [0.717, 1.165) is 12.1 Å². The molecule has 0 aliphatic carbocycles. The molecule has 0 spiro atoms. The van der Waals surface area contributed by atoms with Crippen LogP contribution in [0.2, 0.25) is 5.02 Å². The topological polar surface area (TPSA) is 70.0 Å². The number of ketones is 1. The van der Waals surface area contributed by atoms with Gasteiger partial charge in [0.25, 0.3) is 5.91 Å². The van der Waals surface area contributed by atoms with Crippen molar-refractivity contribution in [1.82, 2.24) is 0 Å². The van der Waals surface area contributed by atoms with E-state index in [1.165, 1.54) is 18.2 Å². The van der Waals surface area contributed by atoms with Crippen LogP contribution in [0.4, 0.5) is 18.9 Å². The second-order valence-electron chi connectivity index (χ2n) is 4.98. The van der Waals surface area contributed by atoms with Gasteiger partial charge in [0.15, 0.2) is 0 Å². The molecule has 0 aliphatic heterocycles. The van der Waals surface area contributed by atoms with E-state index in [2.05, 4.69) is 5.32 Å². The maximum absolute atomic E-state index is 12.7. The molecule has 0 fully saturated rings. The first-order chi connectivity index (χ1) is 11.7. The van der Waals surface area contributed by atoms with Crippen molar-refractivity contribution in [2.45, 2.75) is 12.1 Å². The first-order valence-corrected chi connectivity index (χ1v) is 7.28. The second kappa shape index (κ2) is 7.36. The molecule has 25 heavy (non-hydrogen) atoms. The Morgan fingerprint density at radius 1 is 1.12 bits per heavy atom. The van der Waals surface area contributed by atoms with Crippen molar-refractivity contribution in [1.29, 1.82) is 5.26 Å². The third kappa shape index (κ3) is 4.37. The number of nitrogens with one attached hydrogen (secondary N) is 1. The number of carbonyl (C=O) groups is 2. The van der Waals surface area contributed by atoms with Crippen LogP contribution in [0.15, 0.2) is 48.5 Å². The fourth-order valence-corrected chi connectivity index (χ4v) is 2.32. The van der Waals surface area contributed by atoms with Gasteiger partial charge in [-0.15, -0.1) is 0 Å². The minimum Gasteiger partial charge on any atom is -0.319 e. The van der Waals surface area contributed by atoms with Crippen molar-refractivity contribution in [3.63, 3.8) is 0 Å². The summed E-state index contributed by atoms with van der Waals surface area (Å²) in [6, 6.07) is 11.5. The molecule has 0 aromatic heterocycles. The molecule has 4 nitrogen and oxygen atoms in total. The molecule has 0 saturated heterocycles. The number of rotatable bonds is 4. The summed E-state index contributed by atoms with van der Waals surface area (Å²) < 4.78 is 38.0. The highest BCUT2D eigenvalue weighted by Gasteiger charge is 2.31. The summed E-state index contributed by atoms with van der Waals surface area (Å²) in [5, 5.41) is 11.4. The van der Waals surface area contributed by atoms with E-state index in [4.69, 9.17) is 11.6 Å². The van der Waals surface area contributed by atoms with Crippen LogP contribution in [-0.2, 0) is 15.8 Å². The van der Waals surface area contributed by atoms with E-state index in [9.17, 15) is 28.0 Å². The van der Waals surface area contributed by atoms with Crippen molar-refractivity contribution < 1.29 is 22.8 Å². The van der Waals surface area contributed by atoms with Crippen molar-refractivity contribution in [3.8, 4) is 6.07 Å². The van der Waals surface area contributed by atoms with Crippen molar-refractivity contribution in [2.75, 3.05) is 5.32 Å². The number of halogens is 4. The van der Waals surface area contributed by atoms with Gasteiger partial charge in [0.1, 0.15) is 5.92 Å². The molecule has 2 aromatic rings. The zero-order valence-corrected chi connectivity index (χ0v) is 13.2. The number of carbonyl (C=O) groups excluding carboxylic acids is 2. The Labute approximate surface area is 145 Å². The summed E-state index contributed by atoms with van der Waals surface area (Å²) in [5.74, 6) is -3.78. The molecule has 0 saturated carbocycles. The second-order valence-corrected chi connectivity index (χ2v) is 5.39. The highest BCUT2D eigenvalue weighted by Crippen LogP contribution is 2.31. The fraction of sp³-hybridized carbons (Fsp3) is 0.118. The number of Topliss-reactive ketones (excluding diaryl/α,β-unsaturated/α-hetero) is 1. The third-order valence-corrected chi connectivity index (χ3v) is 3.62. The van der Waals surface area contributed by atoms with Crippen molar-refractivity contribution in [2.24, 2.45) is 0 Å². The number of benzene rings is 2. The highest BCUT2D eigenvalue weighted by atomic mass is 35.5. The van der Waals surface area contributed by atoms with E-state index in [1.807, 2.05) is 0 Å². The van der Waals surface area contributed by atoms with Gasteiger partial charge in [-0.3, -0.25) is 9.59 Å². The number of alkyl halides is 3. The first-order valence-electron chi connectivity index (χ1n) is 6.90. The van der Waals surface area contributed by atoms with Crippen LogP contribution in [0.1, 0.15) is 17.0 Å². The Kier molecular flexibility index (Phi) is 5.45. The molecule has 0 bridgehead atoms. The summed E-state index contributed by atoms with van der Waals surface area (Å²) in [4.78, 5) is 24.2. The Balaban J connectivity index is 2.22. The normalized spacial score (nSPS) is 12.1. The molecular weight excluding hydrogens is 357 g/mol. The molecule has 0 radical (unpaired) electrons. The van der Waals surface area contributed by atoms with Crippen molar-refractivity contribution in [3.05, 3.63) is 64.7 Å². The zero-order chi connectivity index (χ0) is 18.6. The van der Waals surface area contributed by atoms with E-state index in [1.54, 1.807) is 18.2 Å². The van der Waals surface area contributed by atoms with E-state index < -0.39 is 29.3 Å². The minimum atomic E-state index is -4.59. The van der Waals surface area contributed by atoms with Gasteiger partial charge in [-0.2, -0.15) is 18.4 Å². The quantitative estimate of drug-likeness (QED) is 0.825. The standard InChI is InChI=1S/C17H10ClF3N2O2/c18-14-7-2-1-6-12(14)13(9-22)15(24)16(25)23-11-5-3-4-10(8-11)17(19,20)21/h1-8,13H,(H,23,25)/t13-/m1/s1. The van der Waals surface area contributed by atoms with Gasteiger partial charge in [-0.25, -0.2) is 0 Å². The van der Waals surface area contributed by atoms with Gasteiger partial charge >= 0.3 is 6.18 Å². The van der Waals surface area contributed by atoms with Gasteiger partial charge in [0.05, 0.1) is 11.6 Å². The summed E-state index contributed by atoms with van der Waals surface area (Å²) in [6.07, 6.45) is -4.59. The van der Waals surface area contributed by atoms with Crippen LogP contribution in [0.5, 0.6) is 0 Å². The predicted molar refractivity (Wildman–Crippen MR) is 84.9 cm³/mol. The summed E-state index contributed by atoms with van der Waals surface area (Å²) >= 11 is 5.92. The number of hydrogen-bond donors (Lipinski definition) is 1. The first kappa shape index (κ1) is 18.5. The molecule has 1 atom stereocenters. The van der Waals surface area contributed by atoms with Crippen LogP contribution in [0, 0.1) is 11.3 Å². The van der Waals surface area contributed by atoms with E-state index in [0.29, 0.717) is 6.07 Å². The highest BCUT2D eigenvalue weighted by molar-refractivity contribution is 6.43. The molecule has 128 valence electrons. The maximum atomic E-state index is 12.7. The van der Waals surface area contributed by atoms with E-state index >= 15 is 0 Å². The summed E-state index contributed by atoms with van der Waals surface area (Å²) in [7, 11) is 0. The summed E-state index contributed by atoms with van der Waals surface area (Å²) in [6.45, 7) is 0. The lowest BCUT2D eigenvalue weighted by Crippen LogP contribution is -2.28. The van der Waals surface area contributed by atoms with Gasteiger partial charge in [0.2, 0.25) is 5.78 Å². The molecule has 2 aromatic carbocycles. The van der Waals surface area contributed by atoms with E-state index in [-0.39, 0.29) is 16.3 Å². The SMILES string of the molecule is N#C[C@@H](C(=O)C(=O)Nc1cccc(C(F)(F)F)c1)c1ccccc1Cl. The smallest absolute Gasteiger partial charge is 0.319 e. The largest absolute Gasteiger partial charge is 0.416 e. The lowest BCUT2D eigenvalue weighted by molar-refractivity contribution is -0.137. The van der Waals surface area contributed by atoms with Gasteiger partial charge in [0, 0.05) is 10.7 Å². The molecule has 0 unspecified atom stereocenters. The molecule has 1 N–H and O–H groups in total. The number of hydrogen-bond acceptors (Lipinski definition) is 3. The van der Waals surface area contributed by atoms with Gasteiger partial charge in [-0.1, -0.05) is 35.9 Å². The molecule has 2 rings (SSSR count). The van der Waals surface area contributed by atoms with Crippen molar-refractivity contribution >= 4 is 29.0 Å². The third-order valence-electron chi connectivity index (χ3n) is 3.28. The fourth-order valence-electron chi connectivity index (χ4n) is 2.08. The monoisotopic (exact) mass is 366 g/mol. The van der Waals surface area contributed by atoms with Crippen LogP contribution >= 0.6 is 11.6 Å². The lowest BCUT2D eigenvalue weighted by Gasteiger charge is -2.12. The Morgan fingerprint density at radius 3 is 2.40 bits per heavy atom. The van der Waals surface area contributed by atoms with Gasteiger partial charge < -0.3 is 5.32 Å². The number of anilines is 1. The molecule has 0 aliphatic rings. The average Bonchev–Trinajstić information content (AvgIpc) is 2.56. The van der Waals surface area contributed by atoms with Crippen LogP contribution in [0.25, 0.3) is 0 Å². The number of nitrogens with zero attached hydrogens (tertiary/aromatic N) is 1. The Bertz CT molecular complexity index is 859. The maximum Gasteiger partial charge on any atom is 0.416 e. The zero-order valence-electron chi connectivity index (χ0n) is 12.5. The molecule has 0 heterocycles.